The topological polar surface area (TPSA) is 53.3 Å². The van der Waals surface area contributed by atoms with E-state index in [9.17, 15) is 4.79 Å². The molecule has 136 valence electrons. The van der Waals surface area contributed by atoms with Crippen molar-refractivity contribution in [2.75, 3.05) is 13.1 Å². The molecule has 2 rings (SSSR count). The third kappa shape index (κ3) is 6.51. The molecule has 0 unspecified atom stereocenters. The summed E-state index contributed by atoms with van der Waals surface area (Å²) in [5.74, 6) is 0.596. The fraction of sp³-hybridized carbons (Fsp3) is 0.619. The van der Waals surface area contributed by atoms with E-state index in [2.05, 4.69) is 18.2 Å². The van der Waals surface area contributed by atoms with Crippen molar-refractivity contribution in [1.82, 2.24) is 5.06 Å². The molecule has 25 heavy (non-hydrogen) atoms. The van der Waals surface area contributed by atoms with Crippen molar-refractivity contribution in [2.24, 2.45) is 11.3 Å². The fourth-order valence-corrected chi connectivity index (χ4v) is 3.05. The lowest BCUT2D eigenvalue weighted by molar-refractivity contribution is -0.206. The normalized spacial score (nSPS) is 16.4. The summed E-state index contributed by atoms with van der Waals surface area (Å²) in [6.45, 7) is 7.35. The summed E-state index contributed by atoms with van der Waals surface area (Å²) in [6, 6.07) is 10.1. The molecule has 0 bridgehead atoms. The average molecular weight is 342 g/mol. The van der Waals surface area contributed by atoms with Gasteiger partial charge in [0.15, 0.2) is 0 Å². The molecule has 0 aromatic heterocycles. The van der Waals surface area contributed by atoms with Crippen molar-refractivity contribution in [3.05, 3.63) is 35.4 Å². The van der Waals surface area contributed by atoms with Crippen LogP contribution in [0.15, 0.2) is 24.3 Å². The van der Waals surface area contributed by atoms with Gasteiger partial charge < -0.3 is 4.84 Å². The summed E-state index contributed by atoms with van der Waals surface area (Å²) in [5, 5.41) is 10.6. The van der Waals surface area contributed by atoms with Crippen LogP contribution >= 0.6 is 0 Å². The molecule has 0 saturated carbocycles. The van der Waals surface area contributed by atoms with Crippen LogP contribution in [0.25, 0.3) is 0 Å². The molecule has 1 aliphatic heterocycles. The van der Waals surface area contributed by atoms with E-state index in [-0.39, 0.29) is 5.97 Å². The first kappa shape index (κ1) is 19.5. The van der Waals surface area contributed by atoms with E-state index in [0.717, 1.165) is 43.8 Å². The van der Waals surface area contributed by atoms with Crippen molar-refractivity contribution in [3.8, 4) is 6.07 Å². The number of nitriles is 1. The number of piperidine rings is 1. The van der Waals surface area contributed by atoms with Gasteiger partial charge in [-0.25, -0.2) is 4.79 Å². The predicted molar refractivity (Wildman–Crippen MR) is 98.6 cm³/mol. The summed E-state index contributed by atoms with van der Waals surface area (Å²) in [4.78, 5) is 17.4. The molecule has 0 N–H and O–H groups in total. The average Bonchev–Trinajstić information content (AvgIpc) is 2.60. The van der Waals surface area contributed by atoms with Gasteiger partial charge in [-0.1, -0.05) is 25.0 Å². The highest BCUT2D eigenvalue weighted by Gasteiger charge is 2.28. The van der Waals surface area contributed by atoms with Gasteiger partial charge in [-0.15, -0.1) is 5.06 Å². The largest absolute Gasteiger partial charge is 0.367 e. The van der Waals surface area contributed by atoms with Crippen molar-refractivity contribution in [2.45, 2.75) is 59.3 Å². The first-order valence-corrected chi connectivity index (χ1v) is 9.35. The van der Waals surface area contributed by atoms with Crippen LogP contribution in [0.5, 0.6) is 0 Å². The summed E-state index contributed by atoms with van der Waals surface area (Å²) in [5.41, 5.74) is 1.59. The molecule has 0 radical (unpaired) electrons. The number of hydrogen-bond donors (Lipinski definition) is 0. The highest BCUT2D eigenvalue weighted by atomic mass is 16.7. The molecule has 1 aliphatic rings. The Hall–Kier alpha value is -1.86. The van der Waals surface area contributed by atoms with E-state index in [0.29, 0.717) is 0 Å². The van der Waals surface area contributed by atoms with Crippen molar-refractivity contribution < 1.29 is 9.63 Å². The Morgan fingerprint density at radius 2 is 1.84 bits per heavy atom. The summed E-state index contributed by atoms with van der Waals surface area (Å²) >= 11 is 0. The number of benzene rings is 1. The molecule has 0 amide bonds. The molecular weight excluding hydrogens is 312 g/mol. The Morgan fingerprint density at radius 3 is 2.40 bits per heavy atom. The van der Waals surface area contributed by atoms with Crippen LogP contribution in [-0.2, 0) is 16.1 Å². The van der Waals surface area contributed by atoms with Crippen LogP contribution in [0.2, 0.25) is 0 Å². The summed E-state index contributed by atoms with van der Waals surface area (Å²) < 4.78 is 0. The van der Waals surface area contributed by atoms with Gasteiger partial charge in [-0.2, -0.15) is 5.26 Å². The minimum absolute atomic E-state index is 0.145. The number of carbonyl (C=O) groups is 1. The van der Waals surface area contributed by atoms with Crippen molar-refractivity contribution in [1.29, 1.82) is 5.26 Å². The van der Waals surface area contributed by atoms with Gasteiger partial charge in [0.25, 0.3) is 0 Å². The maximum Gasteiger partial charge on any atom is 0.330 e. The first-order chi connectivity index (χ1) is 11.9. The zero-order chi connectivity index (χ0) is 18.3. The third-order valence-electron chi connectivity index (χ3n) is 4.81. The number of carbonyl (C=O) groups excluding carboxylic acids is 1. The maximum absolute atomic E-state index is 11.9. The number of hydroxylamine groups is 2. The second kappa shape index (κ2) is 9.01. The van der Waals surface area contributed by atoms with Gasteiger partial charge in [0.1, 0.15) is 0 Å². The number of unbranched alkanes of at least 4 members (excludes halogenated alkanes) is 1. The van der Waals surface area contributed by atoms with E-state index >= 15 is 0 Å². The van der Waals surface area contributed by atoms with Crippen LogP contribution in [0.1, 0.15) is 64.0 Å². The third-order valence-corrected chi connectivity index (χ3v) is 4.81. The van der Waals surface area contributed by atoms with Crippen LogP contribution in [0.4, 0.5) is 0 Å². The van der Waals surface area contributed by atoms with Crippen LogP contribution in [-0.4, -0.2) is 24.1 Å². The van der Waals surface area contributed by atoms with E-state index < -0.39 is 5.41 Å². The standard InChI is InChI=1S/C21H30N2O2/c1-21(2,3)20(24)25-23-14-12-18(13-15-23)7-5-4-6-17-8-10-19(16-22)11-9-17/h8-11,18H,4-7,12-15H2,1-3H3. The Balaban J connectivity index is 1.60. The highest BCUT2D eigenvalue weighted by Crippen LogP contribution is 2.25. The Bertz CT molecular complexity index is 588. The lowest BCUT2D eigenvalue weighted by atomic mass is 9.91. The fourth-order valence-electron chi connectivity index (χ4n) is 3.05. The van der Waals surface area contributed by atoms with Crippen molar-refractivity contribution >= 4 is 5.97 Å². The Labute approximate surface area is 151 Å². The smallest absolute Gasteiger partial charge is 0.330 e. The first-order valence-electron chi connectivity index (χ1n) is 9.35. The molecule has 1 aromatic rings. The molecule has 0 atom stereocenters. The Kier molecular flexibility index (Phi) is 7.01. The molecule has 1 heterocycles. The maximum atomic E-state index is 11.9. The van der Waals surface area contributed by atoms with Crippen LogP contribution in [0.3, 0.4) is 0 Å². The zero-order valence-corrected chi connectivity index (χ0v) is 15.8. The quantitative estimate of drug-likeness (QED) is 0.715. The van der Waals surface area contributed by atoms with Gasteiger partial charge in [-0.05, 0) is 70.1 Å². The van der Waals surface area contributed by atoms with Gasteiger partial charge in [0, 0.05) is 13.1 Å². The molecule has 1 fully saturated rings. The van der Waals surface area contributed by atoms with E-state index in [1.165, 1.54) is 24.8 Å². The molecule has 0 aliphatic carbocycles. The van der Waals surface area contributed by atoms with Gasteiger partial charge in [-0.3, -0.25) is 0 Å². The lowest BCUT2D eigenvalue weighted by Gasteiger charge is -2.32. The summed E-state index contributed by atoms with van der Waals surface area (Å²) in [7, 11) is 0. The Morgan fingerprint density at radius 1 is 1.20 bits per heavy atom. The van der Waals surface area contributed by atoms with E-state index in [1.54, 1.807) is 0 Å². The van der Waals surface area contributed by atoms with Gasteiger partial charge >= 0.3 is 5.97 Å². The minimum Gasteiger partial charge on any atom is -0.367 e. The van der Waals surface area contributed by atoms with E-state index in [4.69, 9.17) is 10.1 Å². The number of nitrogens with zero attached hydrogens (tertiary/aromatic N) is 2. The molecular formula is C21H30N2O2. The zero-order valence-electron chi connectivity index (χ0n) is 15.8. The second-order valence-electron chi connectivity index (χ2n) is 8.06. The van der Waals surface area contributed by atoms with Crippen molar-refractivity contribution in [3.63, 3.8) is 0 Å². The van der Waals surface area contributed by atoms with Gasteiger partial charge in [0.05, 0.1) is 17.0 Å². The number of rotatable bonds is 6. The summed E-state index contributed by atoms with van der Waals surface area (Å²) in [6.07, 6.45) is 6.95. The number of aryl methyl sites for hydroxylation is 1. The second-order valence-corrected chi connectivity index (χ2v) is 8.06. The monoisotopic (exact) mass is 342 g/mol. The lowest BCUT2D eigenvalue weighted by Crippen LogP contribution is -2.38. The molecule has 1 aromatic carbocycles. The van der Waals surface area contributed by atoms with Crippen LogP contribution < -0.4 is 0 Å². The SMILES string of the molecule is CC(C)(C)C(=O)ON1CCC(CCCCc2ccc(C#N)cc2)CC1. The molecule has 1 saturated heterocycles. The number of hydrogen-bond acceptors (Lipinski definition) is 4. The van der Waals surface area contributed by atoms with Crippen LogP contribution in [0, 0.1) is 22.7 Å². The minimum atomic E-state index is -0.442. The molecule has 4 nitrogen and oxygen atoms in total. The molecule has 4 heteroatoms. The predicted octanol–water partition coefficient (Wildman–Crippen LogP) is 4.49. The highest BCUT2D eigenvalue weighted by molar-refractivity contribution is 5.75. The van der Waals surface area contributed by atoms with E-state index in [1.807, 2.05) is 38.0 Å². The van der Waals surface area contributed by atoms with Gasteiger partial charge in [0.2, 0.25) is 0 Å². The molecule has 0 spiro atoms.